The maximum Gasteiger partial charge on any atom is 0.253 e. The van der Waals surface area contributed by atoms with Crippen molar-refractivity contribution in [3.63, 3.8) is 0 Å². The third-order valence-electron chi connectivity index (χ3n) is 7.35. The van der Waals surface area contributed by atoms with Gasteiger partial charge in [-0.05, 0) is 70.4 Å². The van der Waals surface area contributed by atoms with Crippen molar-refractivity contribution in [3.8, 4) is 5.75 Å². The Labute approximate surface area is 230 Å². The second-order valence-corrected chi connectivity index (χ2v) is 9.52. The summed E-state index contributed by atoms with van der Waals surface area (Å²) in [6.07, 6.45) is 2.77. The van der Waals surface area contributed by atoms with E-state index < -0.39 is 0 Å². The van der Waals surface area contributed by atoms with E-state index in [2.05, 4.69) is 67.9 Å². The summed E-state index contributed by atoms with van der Waals surface area (Å²) < 4.78 is 5.91. The largest absolute Gasteiger partial charge is 0.496 e. The van der Waals surface area contributed by atoms with Gasteiger partial charge < -0.3 is 15.0 Å². The first-order valence-electron chi connectivity index (χ1n) is 12.5. The summed E-state index contributed by atoms with van der Waals surface area (Å²) in [6, 6.07) is 15.2. The number of carbonyl (C=O) groups is 1. The maximum absolute atomic E-state index is 12.6. The first-order valence-corrected chi connectivity index (χ1v) is 12.5. The minimum atomic E-state index is -0.211. The molecule has 3 rings (SSSR count). The summed E-state index contributed by atoms with van der Waals surface area (Å²) in [7, 11) is 1.75. The Balaban J connectivity index is 0.00000324. The lowest BCUT2D eigenvalue weighted by Gasteiger charge is -2.52. The molecule has 0 bridgehead atoms. The lowest BCUT2D eigenvalue weighted by atomic mass is 9.79. The van der Waals surface area contributed by atoms with E-state index in [0.717, 1.165) is 43.9 Å². The molecule has 1 aliphatic rings. The van der Waals surface area contributed by atoms with Crippen molar-refractivity contribution in [2.45, 2.75) is 58.7 Å². The fraction of sp³-hybridized carbons (Fsp3) is 0.483. The Morgan fingerprint density at radius 3 is 2.31 bits per heavy atom. The van der Waals surface area contributed by atoms with Gasteiger partial charge in [0.05, 0.1) is 12.6 Å². The van der Waals surface area contributed by atoms with Gasteiger partial charge in [0.1, 0.15) is 5.75 Å². The van der Waals surface area contributed by atoms with Crippen LogP contribution >= 0.6 is 24.8 Å². The van der Waals surface area contributed by atoms with E-state index in [1.807, 2.05) is 37.0 Å². The Bertz CT molecular complexity index is 995. The minimum Gasteiger partial charge on any atom is -0.496 e. The van der Waals surface area contributed by atoms with Crippen LogP contribution in [0, 0.1) is 0 Å². The van der Waals surface area contributed by atoms with Crippen molar-refractivity contribution in [2.24, 2.45) is 0 Å². The normalized spacial score (nSPS) is 21.6. The lowest BCUT2D eigenvalue weighted by Crippen LogP contribution is -2.65. The Kier molecular flexibility index (Phi) is 12.5. The number of ether oxygens (including phenoxy) is 1. The highest BCUT2D eigenvalue weighted by Gasteiger charge is 2.44. The average molecular weight is 537 g/mol. The number of carbonyl (C=O) groups excluding carboxylic acids is 1. The van der Waals surface area contributed by atoms with Gasteiger partial charge in [-0.15, -0.1) is 31.4 Å². The molecule has 0 radical (unpaired) electrons. The fourth-order valence-corrected chi connectivity index (χ4v) is 5.22. The molecule has 1 aliphatic heterocycles. The van der Waals surface area contributed by atoms with Gasteiger partial charge in [-0.25, -0.2) is 0 Å². The summed E-state index contributed by atoms with van der Waals surface area (Å²) in [6.45, 7) is 18.0. The molecule has 1 amide bonds. The average Bonchev–Trinajstić information content (AvgIpc) is 2.83. The third kappa shape index (κ3) is 6.63. The predicted molar refractivity (Wildman–Crippen MR) is 155 cm³/mol. The Morgan fingerprint density at radius 2 is 1.75 bits per heavy atom. The fourth-order valence-electron chi connectivity index (χ4n) is 5.22. The molecule has 5 nitrogen and oxygen atoms in total. The number of rotatable bonds is 9. The van der Waals surface area contributed by atoms with Gasteiger partial charge >= 0.3 is 0 Å². The number of methoxy groups -OCH3 is 1. The summed E-state index contributed by atoms with van der Waals surface area (Å²) in [4.78, 5) is 16.9. The molecule has 36 heavy (non-hydrogen) atoms. The molecule has 0 saturated carbocycles. The van der Waals surface area contributed by atoms with Crippen LogP contribution in [0.3, 0.4) is 0 Å². The van der Waals surface area contributed by atoms with E-state index >= 15 is 0 Å². The molecule has 1 heterocycles. The van der Waals surface area contributed by atoms with Crippen molar-refractivity contribution < 1.29 is 9.53 Å². The minimum absolute atomic E-state index is 0. The van der Waals surface area contributed by atoms with Gasteiger partial charge in [-0.1, -0.05) is 30.3 Å². The predicted octanol–water partition coefficient (Wildman–Crippen LogP) is 5.70. The zero-order valence-corrected chi connectivity index (χ0v) is 24.2. The molecule has 2 aromatic rings. The van der Waals surface area contributed by atoms with Crippen LogP contribution in [-0.2, 0) is 12.0 Å². The standard InChI is InChI=1S/C29H41N3O2.2ClH/c1-8-17-32-20-21(4)30-22(5)29(32,6)26-16-13-24(19-27(26)34-7)18-23-11-14-25(15-12-23)28(33)31(9-2)10-3;;/h8,11-16,19,21-22,30H,1,9-10,17-18,20H2,2-7H3;2*1H. The third-order valence-corrected chi connectivity index (χ3v) is 7.35. The van der Waals surface area contributed by atoms with Crippen LogP contribution < -0.4 is 10.1 Å². The van der Waals surface area contributed by atoms with Crippen molar-refractivity contribution >= 4 is 30.7 Å². The van der Waals surface area contributed by atoms with Crippen LogP contribution in [0.2, 0.25) is 0 Å². The first-order chi connectivity index (χ1) is 16.3. The van der Waals surface area contributed by atoms with Crippen LogP contribution in [-0.4, -0.2) is 61.1 Å². The number of benzene rings is 2. The van der Waals surface area contributed by atoms with Gasteiger partial charge in [0.25, 0.3) is 5.91 Å². The molecule has 3 unspecified atom stereocenters. The molecule has 1 fully saturated rings. The molecular weight excluding hydrogens is 493 g/mol. The summed E-state index contributed by atoms with van der Waals surface area (Å²) in [5.74, 6) is 0.995. The van der Waals surface area contributed by atoms with E-state index in [-0.39, 0.29) is 42.3 Å². The van der Waals surface area contributed by atoms with Crippen LogP contribution in [0.4, 0.5) is 0 Å². The molecule has 3 atom stereocenters. The molecule has 0 aliphatic carbocycles. The van der Waals surface area contributed by atoms with Crippen molar-refractivity contribution in [1.82, 2.24) is 15.1 Å². The zero-order valence-electron chi connectivity index (χ0n) is 22.5. The number of hydrogen-bond donors (Lipinski definition) is 1. The highest BCUT2D eigenvalue weighted by atomic mass is 35.5. The van der Waals surface area contributed by atoms with E-state index in [1.165, 1.54) is 16.7 Å². The van der Waals surface area contributed by atoms with E-state index in [4.69, 9.17) is 4.74 Å². The van der Waals surface area contributed by atoms with Gasteiger partial charge in [0.15, 0.2) is 0 Å². The molecule has 1 N–H and O–H groups in total. The quantitative estimate of drug-likeness (QED) is 0.418. The van der Waals surface area contributed by atoms with Crippen LogP contribution in [0.15, 0.2) is 55.1 Å². The lowest BCUT2D eigenvalue weighted by molar-refractivity contribution is 0.0265. The van der Waals surface area contributed by atoms with Crippen molar-refractivity contribution in [1.29, 1.82) is 0 Å². The summed E-state index contributed by atoms with van der Waals surface area (Å²) in [5.41, 5.74) is 4.08. The second-order valence-electron chi connectivity index (χ2n) is 9.52. The first kappa shape index (κ1) is 32.0. The summed E-state index contributed by atoms with van der Waals surface area (Å²) in [5, 5.41) is 3.73. The second kappa shape index (κ2) is 14.0. The van der Waals surface area contributed by atoms with E-state index in [0.29, 0.717) is 6.04 Å². The van der Waals surface area contributed by atoms with Crippen LogP contribution in [0.5, 0.6) is 5.75 Å². The van der Waals surface area contributed by atoms with Crippen molar-refractivity contribution in [2.75, 3.05) is 33.3 Å². The molecule has 1 saturated heterocycles. The van der Waals surface area contributed by atoms with Crippen LogP contribution in [0.1, 0.15) is 61.7 Å². The number of amides is 1. The topological polar surface area (TPSA) is 44.8 Å². The molecule has 200 valence electrons. The molecule has 2 aromatic carbocycles. The molecule has 0 spiro atoms. The maximum atomic E-state index is 12.6. The number of hydrogen-bond acceptors (Lipinski definition) is 4. The number of halogens is 2. The monoisotopic (exact) mass is 535 g/mol. The van der Waals surface area contributed by atoms with Gasteiger partial charge in [0, 0.05) is 49.4 Å². The molecule has 0 aromatic heterocycles. The Morgan fingerprint density at radius 1 is 1.14 bits per heavy atom. The molecule has 7 heteroatoms. The van der Waals surface area contributed by atoms with E-state index in [9.17, 15) is 4.79 Å². The number of nitrogens with one attached hydrogen (secondary N) is 1. The SMILES string of the molecule is C=CCN1CC(C)NC(C)C1(C)c1ccc(Cc2ccc(C(=O)N(CC)CC)cc2)cc1OC.Cl.Cl. The summed E-state index contributed by atoms with van der Waals surface area (Å²) >= 11 is 0. The zero-order chi connectivity index (χ0) is 24.9. The number of nitrogens with zero attached hydrogens (tertiary/aromatic N) is 2. The smallest absolute Gasteiger partial charge is 0.253 e. The highest BCUT2D eigenvalue weighted by Crippen LogP contribution is 2.40. The number of piperazine rings is 1. The Hall–Kier alpha value is -2.05. The van der Waals surface area contributed by atoms with Gasteiger partial charge in [-0.2, -0.15) is 0 Å². The van der Waals surface area contributed by atoms with E-state index in [1.54, 1.807) is 7.11 Å². The van der Waals surface area contributed by atoms with Crippen molar-refractivity contribution in [3.05, 3.63) is 77.4 Å². The highest BCUT2D eigenvalue weighted by molar-refractivity contribution is 5.94. The van der Waals surface area contributed by atoms with Gasteiger partial charge in [0.2, 0.25) is 0 Å². The van der Waals surface area contributed by atoms with Crippen LogP contribution in [0.25, 0.3) is 0 Å². The van der Waals surface area contributed by atoms with Gasteiger partial charge in [-0.3, -0.25) is 9.69 Å². The molecular formula is C29H43Cl2N3O2.